The van der Waals surface area contributed by atoms with Gasteiger partial charge in [-0.05, 0) is 54.1 Å². The Bertz CT molecular complexity index is 1120. The number of nitrogens with one attached hydrogen (secondary N) is 1. The van der Waals surface area contributed by atoms with E-state index in [1.54, 1.807) is 60.7 Å². The molecule has 0 aromatic heterocycles. The molecule has 152 valence electrons. The maximum absolute atomic E-state index is 12.4. The van der Waals surface area contributed by atoms with Crippen LogP contribution in [0.1, 0.15) is 26.3 Å². The molecule has 0 aliphatic rings. The molecule has 0 radical (unpaired) electrons. The summed E-state index contributed by atoms with van der Waals surface area (Å²) in [4.78, 5) is 24.5. The lowest BCUT2D eigenvalue weighted by atomic mass is 10.2. The molecule has 0 saturated carbocycles. The zero-order chi connectivity index (χ0) is 21.5. The van der Waals surface area contributed by atoms with Crippen LogP contribution in [0.5, 0.6) is 11.5 Å². The van der Waals surface area contributed by atoms with Crippen LogP contribution < -0.4 is 14.9 Å². The molecule has 0 aliphatic heterocycles. The van der Waals surface area contributed by atoms with Gasteiger partial charge >= 0.3 is 5.97 Å². The molecule has 0 atom stereocenters. The van der Waals surface area contributed by atoms with Gasteiger partial charge in [-0.1, -0.05) is 45.7 Å². The average Bonchev–Trinajstić information content (AvgIpc) is 2.74. The molecule has 1 N–H and O–H groups in total. The van der Waals surface area contributed by atoms with Gasteiger partial charge < -0.3 is 9.47 Å². The zero-order valence-electron chi connectivity index (χ0n) is 15.8. The molecule has 0 unspecified atom stereocenters. The second-order valence-electron chi connectivity index (χ2n) is 5.99. The monoisotopic (exact) mass is 486 g/mol. The summed E-state index contributed by atoms with van der Waals surface area (Å²) in [7, 11) is 1.46. The van der Waals surface area contributed by atoms with Crippen LogP contribution in [0.4, 0.5) is 0 Å². The van der Waals surface area contributed by atoms with Gasteiger partial charge in [0, 0.05) is 10.0 Å². The number of benzene rings is 3. The lowest BCUT2D eigenvalue weighted by molar-refractivity contribution is 0.0729. The minimum atomic E-state index is -0.596. The second kappa shape index (κ2) is 10.0. The van der Waals surface area contributed by atoms with Crippen molar-refractivity contribution in [1.29, 1.82) is 0 Å². The molecule has 6 nitrogen and oxygen atoms in total. The van der Waals surface area contributed by atoms with E-state index < -0.39 is 5.97 Å². The quantitative estimate of drug-likeness (QED) is 0.227. The lowest BCUT2D eigenvalue weighted by Crippen LogP contribution is -2.17. The topological polar surface area (TPSA) is 77.0 Å². The number of carbonyl (C=O) groups excluding carboxylic acids is 2. The summed E-state index contributed by atoms with van der Waals surface area (Å²) in [6.45, 7) is 0. The molecule has 1 amide bonds. The van der Waals surface area contributed by atoms with E-state index in [2.05, 4.69) is 26.5 Å². The number of ether oxygens (including phenoxy) is 2. The summed E-state index contributed by atoms with van der Waals surface area (Å²) in [6, 6.07) is 18.4. The van der Waals surface area contributed by atoms with Crippen molar-refractivity contribution in [2.45, 2.75) is 0 Å². The zero-order valence-corrected chi connectivity index (χ0v) is 18.1. The van der Waals surface area contributed by atoms with Crippen LogP contribution in [0.25, 0.3) is 0 Å². The molecule has 3 rings (SSSR count). The van der Waals surface area contributed by atoms with Crippen molar-refractivity contribution in [2.24, 2.45) is 5.10 Å². The Morgan fingerprint density at radius 2 is 1.83 bits per heavy atom. The normalized spacial score (nSPS) is 10.6. The van der Waals surface area contributed by atoms with E-state index in [0.717, 1.165) is 4.47 Å². The first-order chi connectivity index (χ1) is 14.5. The average molecular weight is 488 g/mol. The highest BCUT2D eigenvalue weighted by atomic mass is 79.9. The predicted octanol–water partition coefficient (Wildman–Crippen LogP) is 5.09. The first-order valence-corrected chi connectivity index (χ1v) is 9.89. The molecule has 3 aromatic rings. The molecule has 0 spiro atoms. The van der Waals surface area contributed by atoms with E-state index in [9.17, 15) is 9.59 Å². The number of esters is 1. The van der Waals surface area contributed by atoms with Crippen LogP contribution in [-0.2, 0) is 0 Å². The maximum Gasteiger partial charge on any atom is 0.345 e. The van der Waals surface area contributed by atoms with Crippen LogP contribution in [0.2, 0.25) is 5.02 Å². The first kappa shape index (κ1) is 21.5. The number of nitrogens with zero attached hydrogens (tertiary/aromatic N) is 1. The fourth-order valence-electron chi connectivity index (χ4n) is 2.49. The lowest BCUT2D eigenvalue weighted by Gasteiger charge is -2.10. The number of hydrogen-bond donors (Lipinski definition) is 1. The van der Waals surface area contributed by atoms with Crippen molar-refractivity contribution >= 4 is 45.6 Å². The van der Waals surface area contributed by atoms with Crippen molar-refractivity contribution in [3.63, 3.8) is 0 Å². The summed E-state index contributed by atoms with van der Waals surface area (Å²) >= 11 is 9.35. The van der Waals surface area contributed by atoms with Crippen LogP contribution in [0.3, 0.4) is 0 Å². The summed E-state index contributed by atoms with van der Waals surface area (Å²) in [5, 5.41) is 4.25. The van der Waals surface area contributed by atoms with Crippen LogP contribution in [0, 0.1) is 0 Å². The Kier molecular flexibility index (Phi) is 7.21. The fraction of sp³-hybridized carbons (Fsp3) is 0.0455. The number of rotatable bonds is 6. The van der Waals surface area contributed by atoms with Crippen molar-refractivity contribution in [3.05, 3.63) is 92.9 Å². The molecule has 3 aromatic carbocycles. The molecule has 0 bridgehead atoms. The molecule has 0 aliphatic carbocycles. The van der Waals surface area contributed by atoms with Gasteiger partial charge in [0.1, 0.15) is 0 Å². The third-order valence-electron chi connectivity index (χ3n) is 3.95. The second-order valence-corrected chi connectivity index (χ2v) is 7.31. The third-order valence-corrected chi connectivity index (χ3v) is 4.77. The Morgan fingerprint density at radius 3 is 2.57 bits per heavy atom. The molecule has 0 fully saturated rings. The number of carbonyl (C=O) groups is 2. The standard InChI is InChI=1S/C22H16BrClN2O4/c1-29-20-11-14(13-25-26-21(27)15-5-4-6-16(23)12-15)9-10-19(20)30-22(28)17-7-2-3-8-18(17)24/h2-13H,1H3,(H,26,27). The summed E-state index contributed by atoms with van der Waals surface area (Å²) < 4.78 is 11.5. The van der Waals surface area contributed by atoms with Crippen LogP contribution >= 0.6 is 27.5 Å². The van der Waals surface area contributed by atoms with Gasteiger partial charge in [0.2, 0.25) is 0 Å². The van der Waals surface area contributed by atoms with Crippen LogP contribution in [-0.4, -0.2) is 25.2 Å². The fourth-order valence-corrected chi connectivity index (χ4v) is 3.10. The van der Waals surface area contributed by atoms with Crippen molar-refractivity contribution < 1.29 is 19.1 Å². The molecule has 8 heteroatoms. The Morgan fingerprint density at radius 1 is 1.03 bits per heavy atom. The van der Waals surface area contributed by atoms with Gasteiger partial charge in [0.15, 0.2) is 11.5 Å². The summed E-state index contributed by atoms with van der Waals surface area (Å²) in [6.07, 6.45) is 1.46. The molecule has 0 heterocycles. The van der Waals surface area contributed by atoms with Crippen LogP contribution in [0.15, 0.2) is 76.3 Å². The van der Waals surface area contributed by atoms with E-state index >= 15 is 0 Å². The minimum absolute atomic E-state index is 0.234. The summed E-state index contributed by atoms with van der Waals surface area (Å²) in [5.41, 5.74) is 3.82. The van der Waals surface area contributed by atoms with Gasteiger partial charge in [-0.25, -0.2) is 10.2 Å². The highest BCUT2D eigenvalue weighted by Crippen LogP contribution is 2.29. The highest BCUT2D eigenvalue weighted by molar-refractivity contribution is 9.10. The SMILES string of the molecule is COc1cc(C=NNC(=O)c2cccc(Br)c2)ccc1OC(=O)c1ccccc1Cl. The van der Waals surface area contributed by atoms with Crippen molar-refractivity contribution in [1.82, 2.24) is 5.43 Å². The predicted molar refractivity (Wildman–Crippen MR) is 119 cm³/mol. The number of hydrazone groups is 1. The Labute approximate surface area is 186 Å². The maximum atomic E-state index is 12.4. The first-order valence-electron chi connectivity index (χ1n) is 8.71. The Hall–Kier alpha value is -3.16. The largest absolute Gasteiger partial charge is 0.493 e. The number of methoxy groups -OCH3 is 1. The van der Waals surface area contributed by atoms with Gasteiger partial charge in [0.25, 0.3) is 5.91 Å². The highest BCUT2D eigenvalue weighted by Gasteiger charge is 2.15. The van der Waals surface area contributed by atoms with E-state index in [1.165, 1.54) is 13.3 Å². The molecule has 0 saturated heterocycles. The van der Waals surface area contributed by atoms with Gasteiger partial charge in [-0.3, -0.25) is 4.79 Å². The molecular weight excluding hydrogens is 472 g/mol. The van der Waals surface area contributed by atoms with Crippen molar-refractivity contribution in [2.75, 3.05) is 7.11 Å². The number of hydrogen-bond acceptors (Lipinski definition) is 5. The van der Waals surface area contributed by atoms with E-state index in [0.29, 0.717) is 21.9 Å². The Balaban J connectivity index is 1.69. The van der Waals surface area contributed by atoms with E-state index in [4.69, 9.17) is 21.1 Å². The van der Waals surface area contributed by atoms with E-state index in [1.807, 2.05) is 6.07 Å². The van der Waals surface area contributed by atoms with Gasteiger partial charge in [0.05, 0.1) is 23.9 Å². The van der Waals surface area contributed by atoms with Gasteiger partial charge in [-0.15, -0.1) is 0 Å². The van der Waals surface area contributed by atoms with Gasteiger partial charge in [-0.2, -0.15) is 5.10 Å². The molecular formula is C22H16BrClN2O4. The molecule has 30 heavy (non-hydrogen) atoms. The van der Waals surface area contributed by atoms with E-state index in [-0.39, 0.29) is 17.2 Å². The third kappa shape index (κ3) is 5.46. The number of amides is 1. The summed E-state index contributed by atoms with van der Waals surface area (Å²) in [5.74, 6) is -0.373. The number of halogens is 2. The smallest absolute Gasteiger partial charge is 0.345 e. The van der Waals surface area contributed by atoms with Crippen molar-refractivity contribution in [3.8, 4) is 11.5 Å². The minimum Gasteiger partial charge on any atom is -0.493 e.